The zero-order chi connectivity index (χ0) is 20.5. The van der Waals surface area contributed by atoms with Crippen LogP contribution >= 0.6 is 15.9 Å². The van der Waals surface area contributed by atoms with Gasteiger partial charge in [0, 0.05) is 27.4 Å². The van der Waals surface area contributed by atoms with Gasteiger partial charge in [0.15, 0.2) is 0 Å². The van der Waals surface area contributed by atoms with Crippen LogP contribution in [0, 0.1) is 0 Å². The number of rotatable bonds is 5. The van der Waals surface area contributed by atoms with Crippen LogP contribution in [0.15, 0.2) is 59.1 Å². The molecule has 0 saturated carbocycles. The number of esters is 1. The number of unbranched alkanes of at least 4 members (excludes halogenated alkanes) is 1. The summed E-state index contributed by atoms with van der Waals surface area (Å²) in [6, 6.07) is 15.4. The number of imide groups is 1. The number of carbonyl (C=O) groups is 3. The van der Waals surface area contributed by atoms with E-state index < -0.39 is 0 Å². The quantitative estimate of drug-likeness (QED) is 0.292. The van der Waals surface area contributed by atoms with Gasteiger partial charge in [-0.1, -0.05) is 41.4 Å². The molecule has 1 aliphatic rings. The maximum Gasteiger partial charge on any atom is 0.311 e. The number of carbonyl (C=O) groups excluding carboxylic acids is 3. The van der Waals surface area contributed by atoms with Gasteiger partial charge in [-0.25, -0.2) is 4.90 Å². The van der Waals surface area contributed by atoms with Crippen molar-refractivity contribution >= 4 is 50.2 Å². The molecular weight excluding hydrogens is 434 g/mol. The fourth-order valence-electron chi connectivity index (χ4n) is 3.46. The van der Waals surface area contributed by atoms with E-state index in [1.807, 2.05) is 19.1 Å². The number of hydrogen-bond donors (Lipinski definition) is 0. The summed E-state index contributed by atoms with van der Waals surface area (Å²) in [6.07, 6.45) is 2.05. The molecule has 0 saturated heterocycles. The van der Waals surface area contributed by atoms with Gasteiger partial charge >= 0.3 is 5.97 Å². The molecule has 5 nitrogen and oxygen atoms in total. The SMILES string of the molecule is CCCCC(=O)Oc1ccc(N2C(=O)c3cccc4c(Br)ccc(c34)C2=O)cc1. The average Bonchev–Trinajstić information content (AvgIpc) is 2.73. The van der Waals surface area contributed by atoms with Crippen LogP contribution < -0.4 is 9.64 Å². The third kappa shape index (κ3) is 3.44. The van der Waals surface area contributed by atoms with Gasteiger partial charge in [-0.2, -0.15) is 0 Å². The van der Waals surface area contributed by atoms with Crippen molar-refractivity contribution in [3.05, 3.63) is 70.2 Å². The Morgan fingerprint density at radius 3 is 2.34 bits per heavy atom. The molecule has 0 unspecified atom stereocenters. The van der Waals surface area contributed by atoms with E-state index in [2.05, 4.69) is 15.9 Å². The van der Waals surface area contributed by atoms with Gasteiger partial charge in [0.25, 0.3) is 11.8 Å². The molecule has 29 heavy (non-hydrogen) atoms. The van der Waals surface area contributed by atoms with Gasteiger partial charge in [-0.15, -0.1) is 0 Å². The van der Waals surface area contributed by atoms with Crippen LogP contribution in [0.25, 0.3) is 10.8 Å². The van der Waals surface area contributed by atoms with Crippen LogP contribution in [0.1, 0.15) is 46.9 Å². The van der Waals surface area contributed by atoms with Gasteiger partial charge in [-0.05, 0) is 54.3 Å². The smallest absolute Gasteiger partial charge is 0.311 e. The van der Waals surface area contributed by atoms with Crippen molar-refractivity contribution in [2.75, 3.05) is 4.90 Å². The molecule has 0 spiro atoms. The average molecular weight is 452 g/mol. The zero-order valence-corrected chi connectivity index (χ0v) is 17.4. The van der Waals surface area contributed by atoms with Crippen LogP contribution in [-0.2, 0) is 4.79 Å². The van der Waals surface area contributed by atoms with Gasteiger partial charge in [0.1, 0.15) is 5.75 Å². The minimum atomic E-state index is -0.376. The van der Waals surface area contributed by atoms with E-state index in [4.69, 9.17) is 4.74 Å². The molecule has 0 aromatic heterocycles. The number of ether oxygens (including phenoxy) is 1. The Morgan fingerprint density at radius 2 is 1.66 bits per heavy atom. The Labute approximate surface area is 176 Å². The normalized spacial score (nSPS) is 13.1. The first-order valence-electron chi connectivity index (χ1n) is 9.42. The second-order valence-corrected chi connectivity index (χ2v) is 7.69. The highest BCUT2D eigenvalue weighted by Gasteiger charge is 2.34. The molecule has 0 N–H and O–H groups in total. The first-order chi connectivity index (χ1) is 14.0. The molecule has 3 aromatic rings. The van der Waals surface area contributed by atoms with Crippen molar-refractivity contribution < 1.29 is 19.1 Å². The molecule has 146 valence electrons. The number of halogens is 1. The van der Waals surface area contributed by atoms with Crippen molar-refractivity contribution in [2.45, 2.75) is 26.2 Å². The van der Waals surface area contributed by atoms with Gasteiger partial charge in [0.2, 0.25) is 0 Å². The number of amides is 2. The van der Waals surface area contributed by atoms with E-state index in [9.17, 15) is 14.4 Å². The summed E-state index contributed by atoms with van der Waals surface area (Å²) in [5, 5.41) is 1.49. The Bertz CT molecular complexity index is 1120. The number of anilines is 1. The minimum absolute atomic E-state index is 0.295. The van der Waals surface area contributed by atoms with E-state index in [-0.39, 0.29) is 17.8 Å². The lowest BCUT2D eigenvalue weighted by Crippen LogP contribution is -2.40. The first kappa shape index (κ1) is 19.3. The van der Waals surface area contributed by atoms with Gasteiger partial charge in [-0.3, -0.25) is 14.4 Å². The molecule has 3 aromatic carbocycles. The third-order valence-corrected chi connectivity index (χ3v) is 5.61. The standard InChI is InChI=1S/C23H18BrNO4/c1-2-3-7-20(26)29-15-10-8-14(9-11-15)25-22(27)17-6-4-5-16-19(24)13-12-18(21(16)17)23(25)28/h4-6,8-13H,2-3,7H2,1H3. The number of nitrogens with zero attached hydrogens (tertiary/aromatic N) is 1. The molecule has 2 amide bonds. The molecule has 4 rings (SSSR count). The zero-order valence-electron chi connectivity index (χ0n) is 15.8. The fraction of sp³-hybridized carbons (Fsp3) is 0.174. The van der Waals surface area contributed by atoms with Crippen LogP contribution in [-0.4, -0.2) is 17.8 Å². The van der Waals surface area contributed by atoms with Gasteiger partial charge < -0.3 is 4.74 Å². The van der Waals surface area contributed by atoms with Gasteiger partial charge in [0.05, 0.1) is 5.69 Å². The predicted octanol–water partition coefficient (Wildman–Crippen LogP) is 5.50. The molecule has 0 bridgehead atoms. The van der Waals surface area contributed by atoms with E-state index in [0.717, 1.165) is 27.6 Å². The lowest BCUT2D eigenvalue weighted by molar-refractivity contribution is -0.134. The second kappa shape index (κ2) is 7.79. The summed E-state index contributed by atoms with van der Waals surface area (Å²) in [5.74, 6) is -0.660. The molecule has 0 radical (unpaired) electrons. The number of benzene rings is 3. The first-order valence-corrected chi connectivity index (χ1v) is 10.2. The van der Waals surface area contributed by atoms with Crippen LogP contribution in [0.5, 0.6) is 5.75 Å². The second-order valence-electron chi connectivity index (χ2n) is 6.84. The van der Waals surface area contributed by atoms with E-state index in [0.29, 0.717) is 34.4 Å². The van der Waals surface area contributed by atoms with Crippen molar-refractivity contribution in [3.63, 3.8) is 0 Å². The highest BCUT2D eigenvalue weighted by atomic mass is 79.9. The lowest BCUT2D eigenvalue weighted by atomic mass is 9.94. The van der Waals surface area contributed by atoms with Crippen molar-refractivity contribution in [3.8, 4) is 5.75 Å². The summed E-state index contributed by atoms with van der Waals surface area (Å²) in [7, 11) is 0. The molecule has 0 fully saturated rings. The highest BCUT2D eigenvalue weighted by molar-refractivity contribution is 9.10. The summed E-state index contributed by atoms with van der Waals surface area (Å²) >= 11 is 3.48. The monoisotopic (exact) mass is 451 g/mol. The molecule has 1 aliphatic heterocycles. The number of hydrogen-bond acceptors (Lipinski definition) is 4. The largest absolute Gasteiger partial charge is 0.427 e. The van der Waals surface area contributed by atoms with E-state index >= 15 is 0 Å². The lowest BCUT2D eigenvalue weighted by Gasteiger charge is -2.27. The van der Waals surface area contributed by atoms with Crippen LogP contribution in [0.2, 0.25) is 0 Å². The summed E-state index contributed by atoms with van der Waals surface area (Å²) in [5.41, 5.74) is 1.39. The Morgan fingerprint density at radius 1 is 0.966 bits per heavy atom. The van der Waals surface area contributed by atoms with E-state index in [1.54, 1.807) is 42.5 Å². The predicted molar refractivity (Wildman–Crippen MR) is 114 cm³/mol. The third-order valence-electron chi connectivity index (χ3n) is 4.92. The van der Waals surface area contributed by atoms with E-state index in [1.165, 1.54) is 0 Å². The molecule has 6 heteroatoms. The maximum atomic E-state index is 13.1. The highest BCUT2D eigenvalue weighted by Crippen LogP contribution is 2.36. The molecule has 0 aliphatic carbocycles. The summed E-state index contributed by atoms with van der Waals surface area (Å²) in [6.45, 7) is 2.01. The summed E-state index contributed by atoms with van der Waals surface area (Å²) < 4.78 is 6.13. The van der Waals surface area contributed by atoms with Crippen LogP contribution in [0.4, 0.5) is 5.69 Å². The molecule has 0 atom stereocenters. The fourth-order valence-corrected chi connectivity index (χ4v) is 3.92. The topological polar surface area (TPSA) is 63.7 Å². The Kier molecular flexibility index (Phi) is 5.20. The summed E-state index contributed by atoms with van der Waals surface area (Å²) in [4.78, 5) is 39.2. The molecule has 1 heterocycles. The minimum Gasteiger partial charge on any atom is -0.427 e. The van der Waals surface area contributed by atoms with Crippen molar-refractivity contribution in [1.29, 1.82) is 0 Å². The Hall–Kier alpha value is -2.99. The maximum absolute atomic E-state index is 13.1. The Balaban J connectivity index is 1.66. The molecular formula is C23H18BrNO4. The van der Waals surface area contributed by atoms with Crippen LogP contribution in [0.3, 0.4) is 0 Å². The van der Waals surface area contributed by atoms with Crippen molar-refractivity contribution in [2.24, 2.45) is 0 Å². The van der Waals surface area contributed by atoms with Crippen molar-refractivity contribution in [1.82, 2.24) is 0 Å².